The molecule has 0 amide bonds. The van der Waals surface area contributed by atoms with Gasteiger partial charge in [0, 0.05) is 42.4 Å². The number of anilines is 2. The van der Waals surface area contributed by atoms with Gasteiger partial charge in [0.1, 0.15) is 11.5 Å². The number of benzene rings is 1. The van der Waals surface area contributed by atoms with E-state index in [2.05, 4.69) is 5.32 Å². The van der Waals surface area contributed by atoms with Crippen molar-refractivity contribution in [3.63, 3.8) is 0 Å². The quantitative estimate of drug-likeness (QED) is 0.543. The molecule has 1 spiro atoms. The highest BCUT2D eigenvalue weighted by Crippen LogP contribution is 2.65. The van der Waals surface area contributed by atoms with Crippen molar-refractivity contribution < 1.29 is 18.7 Å². The monoisotopic (exact) mass is 482 g/mol. The van der Waals surface area contributed by atoms with Crippen molar-refractivity contribution in [3.05, 3.63) is 69.1 Å². The second-order valence-corrected chi connectivity index (χ2v) is 9.90. The molecule has 9 heteroatoms. The van der Waals surface area contributed by atoms with Crippen molar-refractivity contribution in [2.24, 2.45) is 5.41 Å². The van der Waals surface area contributed by atoms with Gasteiger partial charge < -0.3 is 15.3 Å². The molecule has 5 rings (SSSR count). The number of piperidine rings is 1. The maximum atomic E-state index is 13.9. The molecule has 0 bridgehead atoms. The average molecular weight is 483 g/mol. The van der Waals surface area contributed by atoms with Gasteiger partial charge in [0.05, 0.1) is 17.2 Å². The highest BCUT2D eigenvalue weighted by atomic mass is 19.3. The van der Waals surface area contributed by atoms with Gasteiger partial charge in [0.25, 0.3) is 11.5 Å². The van der Waals surface area contributed by atoms with Gasteiger partial charge in [-0.3, -0.25) is 9.20 Å². The first-order valence-corrected chi connectivity index (χ1v) is 11.8. The van der Waals surface area contributed by atoms with E-state index in [1.54, 1.807) is 31.3 Å². The van der Waals surface area contributed by atoms with Crippen LogP contribution in [-0.2, 0) is 0 Å². The topological polar surface area (TPSA) is 86.9 Å². The lowest BCUT2D eigenvalue weighted by atomic mass is 9.92. The minimum Gasteiger partial charge on any atom is -0.478 e. The largest absolute Gasteiger partial charge is 0.478 e. The predicted molar refractivity (Wildman–Crippen MR) is 130 cm³/mol. The normalized spacial score (nSPS) is 19.1. The van der Waals surface area contributed by atoms with Crippen LogP contribution in [0.25, 0.3) is 5.65 Å². The first-order valence-electron chi connectivity index (χ1n) is 11.8. The van der Waals surface area contributed by atoms with E-state index in [0.29, 0.717) is 48.6 Å². The van der Waals surface area contributed by atoms with Gasteiger partial charge in [-0.2, -0.15) is 0 Å². The number of aromatic nitrogens is 2. The molecular formula is C26H28F2N4O3. The number of fused-ring (bicyclic) bond motifs is 1. The zero-order chi connectivity index (χ0) is 25.1. The number of halogens is 2. The van der Waals surface area contributed by atoms with E-state index < -0.39 is 17.3 Å². The van der Waals surface area contributed by atoms with Crippen molar-refractivity contribution >= 4 is 23.1 Å². The van der Waals surface area contributed by atoms with Crippen LogP contribution in [0.15, 0.2) is 41.3 Å². The van der Waals surface area contributed by atoms with Crippen LogP contribution in [-0.4, -0.2) is 39.5 Å². The Morgan fingerprint density at radius 1 is 1.20 bits per heavy atom. The second kappa shape index (κ2) is 8.03. The summed E-state index contributed by atoms with van der Waals surface area (Å²) >= 11 is 0. The molecular weight excluding hydrogens is 454 g/mol. The van der Waals surface area contributed by atoms with E-state index in [1.807, 2.05) is 24.8 Å². The molecule has 3 heterocycles. The Hall–Kier alpha value is -3.49. The fourth-order valence-electron chi connectivity index (χ4n) is 5.29. The number of carboxylic acid groups (broad SMARTS) is 1. The molecule has 1 saturated carbocycles. The third-order valence-electron chi connectivity index (χ3n) is 7.52. The molecule has 2 aromatic heterocycles. The standard InChI is InChI=1S/C26H28F2N4O3/c1-15-12-19(17(3)29-20-7-5-4-6-18(20)24(34)35)22-30-21(16(2)23(33)32(22)13-15)31-10-8-25(9-11-31)14-26(25,27)28/h4-7,12-13,17,29H,8-11,14H2,1-3H3,(H,34,35). The number of rotatable bonds is 5. The number of alkyl halides is 2. The molecule has 3 aromatic rings. The molecule has 1 saturated heterocycles. The Morgan fingerprint density at radius 3 is 2.49 bits per heavy atom. The van der Waals surface area contributed by atoms with E-state index in [9.17, 15) is 23.5 Å². The van der Waals surface area contributed by atoms with Crippen LogP contribution in [0.5, 0.6) is 0 Å². The van der Waals surface area contributed by atoms with Crippen LogP contribution < -0.4 is 15.8 Å². The molecule has 1 aliphatic heterocycles. The minimum atomic E-state index is -2.58. The lowest BCUT2D eigenvalue weighted by Gasteiger charge is -2.34. The number of hydrogen-bond donors (Lipinski definition) is 2. The highest BCUT2D eigenvalue weighted by molar-refractivity contribution is 5.94. The molecule has 35 heavy (non-hydrogen) atoms. The van der Waals surface area contributed by atoms with Gasteiger partial charge in [0.2, 0.25) is 0 Å². The van der Waals surface area contributed by atoms with Crippen molar-refractivity contribution in [2.45, 2.75) is 52.0 Å². The number of para-hydroxylation sites is 1. The van der Waals surface area contributed by atoms with E-state index in [4.69, 9.17) is 4.98 Å². The number of carbonyl (C=O) groups is 1. The van der Waals surface area contributed by atoms with Crippen molar-refractivity contribution in [2.75, 3.05) is 23.3 Å². The second-order valence-electron chi connectivity index (χ2n) is 9.90. The third kappa shape index (κ3) is 3.83. The number of carboxylic acids is 1. The van der Waals surface area contributed by atoms with Gasteiger partial charge in [0.15, 0.2) is 0 Å². The summed E-state index contributed by atoms with van der Waals surface area (Å²) in [6.07, 6.45) is 2.44. The van der Waals surface area contributed by atoms with Gasteiger partial charge in [-0.15, -0.1) is 0 Å². The maximum Gasteiger partial charge on any atom is 0.337 e. The lowest BCUT2D eigenvalue weighted by Crippen LogP contribution is -2.38. The highest BCUT2D eigenvalue weighted by Gasteiger charge is 2.70. The maximum absolute atomic E-state index is 13.9. The average Bonchev–Trinajstić information content (AvgIpc) is 3.35. The molecule has 2 fully saturated rings. The predicted octanol–water partition coefficient (Wildman–Crippen LogP) is 4.81. The van der Waals surface area contributed by atoms with Crippen LogP contribution >= 0.6 is 0 Å². The molecule has 1 aromatic carbocycles. The number of aryl methyl sites for hydroxylation is 1. The number of hydrogen-bond acceptors (Lipinski definition) is 5. The van der Waals surface area contributed by atoms with Gasteiger partial charge in [-0.05, 0) is 57.4 Å². The van der Waals surface area contributed by atoms with E-state index in [1.165, 1.54) is 10.5 Å². The summed E-state index contributed by atoms with van der Waals surface area (Å²) in [5.41, 5.74) is 2.07. The Morgan fingerprint density at radius 2 is 1.86 bits per heavy atom. The van der Waals surface area contributed by atoms with Crippen molar-refractivity contribution in [1.82, 2.24) is 9.38 Å². The number of pyridine rings is 1. The summed E-state index contributed by atoms with van der Waals surface area (Å²) in [6.45, 7) is 6.36. The Labute approximate surface area is 201 Å². The van der Waals surface area contributed by atoms with Crippen LogP contribution in [0.1, 0.15) is 59.3 Å². The molecule has 184 valence electrons. The molecule has 1 unspecified atom stereocenters. The third-order valence-corrected chi connectivity index (χ3v) is 7.52. The van der Waals surface area contributed by atoms with E-state index >= 15 is 0 Å². The Balaban J connectivity index is 1.53. The number of aromatic carboxylic acids is 1. The molecule has 1 atom stereocenters. The Bertz CT molecular complexity index is 1390. The molecule has 2 aliphatic rings. The SMILES string of the molecule is Cc1cc(C(C)Nc2ccccc2C(=O)O)c2nc(N3CCC4(CC3)CC4(F)F)c(C)c(=O)n2c1. The fourth-order valence-corrected chi connectivity index (χ4v) is 5.29. The van der Waals surface area contributed by atoms with Crippen LogP contribution in [0.4, 0.5) is 20.3 Å². The number of nitrogens with one attached hydrogen (secondary N) is 1. The smallest absolute Gasteiger partial charge is 0.337 e. The summed E-state index contributed by atoms with van der Waals surface area (Å²) < 4.78 is 29.2. The van der Waals surface area contributed by atoms with Gasteiger partial charge in [-0.25, -0.2) is 18.6 Å². The number of nitrogens with zero attached hydrogens (tertiary/aromatic N) is 3. The summed E-state index contributed by atoms with van der Waals surface area (Å²) in [7, 11) is 0. The van der Waals surface area contributed by atoms with Crippen molar-refractivity contribution in [1.29, 1.82) is 0 Å². The Kier molecular flexibility index (Phi) is 5.34. The summed E-state index contributed by atoms with van der Waals surface area (Å²) in [5.74, 6) is -3.09. The van der Waals surface area contributed by atoms with E-state index in [0.717, 1.165) is 11.1 Å². The summed E-state index contributed by atoms with van der Waals surface area (Å²) in [6, 6.07) is 8.22. The van der Waals surface area contributed by atoms with E-state index in [-0.39, 0.29) is 23.6 Å². The van der Waals surface area contributed by atoms with Crippen LogP contribution in [0.3, 0.4) is 0 Å². The fraction of sp³-hybridized carbons (Fsp3) is 0.423. The molecule has 7 nitrogen and oxygen atoms in total. The summed E-state index contributed by atoms with van der Waals surface area (Å²) in [5, 5.41) is 12.8. The first-order chi connectivity index (χ1) is 16.5. The zero-order valence-corrected chi connectivity index (χ0v) is 19.9. The zero-order valence-electron chi connectivity index (χ0n) is 19.9. The van der Waals surface area contributed by atoms with Crippen molar-refractivity contribution in [3.8, 4) is 0 Å². The molecule has 1 aliphatic carbocycles. The van der Waals surface area contributed by atoms with Crippen LogP contribution in [0.2, 0.25) is 0 Å². The van der Waals surface area contributed by atoms with Crippen LogP contribution in [0, 0.1) is 19.3 Å². The first kappa shape index (κ1) is 23.3. The molecule has 0 radical (unpaired) electrons. The minimum absolute atomic E-state index is 0.0505. The lowest BCUT2D eigenvalue weighted by molar-refractivity contribution is 0.0536. The van der Waals surface area contributed by atoms with Gasteiger partial charge in [-0.1, -0.05) is 12.1 Å². The summed E-state index contributed by atoms with van der Waals surface area (Å²) in [4.78, 5) is 31.8. The molecule has 2 N–H and O–H groups in total. The van der Waals surface area contributed by atoms with Gasteiger partial charge >= 0.3 is 5.97 Å².